The first-order valence-corrected chi connectivity index (χ1v) is 10.3. The molecule has 165 valence electrons. The van der Waals surface area contributed by atoms with Crippen molar-refractivity contribution in [2.45, 2.75) is 26.2 Å². The average molecular weight is 433 g/mol. The summed E-state index contributed by atoms with van der Waals surface area (Å²) in [4.78, 5) is 12.3. The van der Waals surface area contributed by atoms with E-state index < -0.39 is 5.97 Å². The Bertz CT molecular complexity index is 1270. The van der Waals surface area contributed by atoms with Crippen LogP contribution in [0.4, 0.5) is 0 Å². The highest BCUT2D eigenvalue weighted by molar-refractivity contribution is 5.83. The average Bonchev–Trinajstić information content (AvgIpc) is 3.35. The first kappa shape index (κ1) is 21.6. The lowest BCUT2D eigenvalue weighted by molar-refractivity contribution is -0.136. The minimum Gasteiger partial charge on any atom is -0.507 e. The molecule has 0 aliphatic rings. The van der Waals surface area contributed by atoms with E-state index in [-0.39, 0.29) is 30.7 Å². The SMILES string of the molecule is COCCC(=O)Oc1nnc(-c2cc(C(C)C)[c]cc2O)n1-c1ccc2c(ccn2C)c1. The number of aromatic nitrogens is 4. The number of aromatic hydroxyl groups is 1. The molecule has 1 radical (unpaired) electrons. The second-order valence-electron chi connectivity index (χ2n) is 7.87. The zero-order valence-corrected chi connectivity index (χ0v) is 18.5. The molecular weight excluding hydrogens is 408 g/mol. The van der Waals surface area contributed by atoms with Crippen molar-refractivity contribution in [1.82, 2.24) is 19.3 Å². The van der Waals surface area contributed by atoms with Gasteiger partial charge < -0.3 is 19.1 Å². The van der Waals surface area contributed by atoms with Crippen molar-refractivity contribution in [1.29, 1.82) is 0 Å². The van der Waals surface area contributed by atoms with Gasteiger partial charge in [-0.1, -0.05) is 18.9 Å². The highest BCUT2D eigenvalue weighted by Crippen LogP contribution is 2.35. The minimum absolute atomic E-state index is 0.0149. The molecule has 2 aromatic carbocycles. The molecule has 0 spiro atoms. The molecule has 4 aromatic rings. The number of hydrogen-bond donors (Lipinski definition) is 1. The van der Waals surface area contributed by atoms with Crippen LogP contribution in [0.1, 0.15) is 31.7 Å². The summed E-state index contributed by atoms with van der Waals surface area (Å²) in [5.74, 6) is 0.100. The monoisotopic (exact) mass is 433 g/mol. The molecule has 2 heterocycles. The Kier molecular flexibility index (Phi) is 5.96. The normalized spacial score (nSPS) is 11.4. The molecule has 0 bridgehead atoms. The summed E-state index contributed by atoms with van der Waals surface area (Å²) in [5.41, 5.74) is 3.16. The number of phenols is 1. The molecule has 4 rings (SSSR count). The maximum atomic E-state index is 12.3. The van der Waals surface area contributed by atoms with E-state index in [4.69, 9.17) is 9.47 Å². The predicted octanol–water partition coefficient (Wildman–Crippen LogP) is 4.00. The fraction of sp³-hybridized carbons (Fsp3) is 0.292. The molecule has 0 unspecified atom stereocenters. The van der Waals surface area contributed by atoms with Crippen LogP contribution < -0.4 is 4.74 Å². The van der Waals surface area contributed by atoms with E-state index in [2.05, 4.69) is 16.3 Å². The number of phenolic OH excluding ortho intramolecular Hbond substituents is 1. The number of carbonyl (C=O) groups excluding carboxylic acids is 1. The molecule has 0 aliphatic carbocycles. The molecule has 0 saturated carbocycles. The van der Waals surface area contributed by atoms with Gasteiger partial charge in [0.2, 0.25) is 0 Å². The number of ether oxygens (including phenoxy) is 2. The van der Waals surface area contributed by atoms with Crippen LogP contribution in [-0.2, 0) is 16.6 Å². The Morgan fingerprint density at radius 3 is 2.78 bits per heavy atom. The van der Waals surface area contributed by atoms with E-state index in [1.54, 1.807) is 4.57 Å². The third-order valence-corrected chi connectivity index (χ3v) is 5.29. The number of carbonyl (C=O) groups is 1. The third kappa shape index (κ3) is 4.09. The van der Waals surface area contributed by atoms with Gasteiger partial charge in [-0.05, 0) is 53.9 Å². The van der Waals surface area contributed by atoms with E-state index in [1.807, 2.05) is 62.0 Å². The van der Waals surface area contributed by atoms with Gasteiger partial charge >= 0.3 is 12.0 Å². The molecule has 8 heteroatoms. The summed E-state index contributed by atoms with van der Waals surface area (Å²) in [6, 6.07) is 14.3. The van der Waals surface area contributed by atoms with E-state index in [0.29, 0.717) is 17.1 Å². The quantitative estimate of drug-likeness (QED) is 0.443. The summed E-state index contributed by atoms with van der Waals surface area (Å²) in [7, 11) is 3.49. The number of benzene rings is 2. The van der Waals surface area contributed by atoms with Crippen LogP contribution in [-0.4, -0.2) is 44.1 Å². The van der Waals surface area contributed by atoms with Crippen LogP contribution in [0.15, 0.2) is 42.6 Å². The highest BCUT2D eigenvalue weighted by Gasteiger charge is 2.22. The summed E-state index contributed by atoms with van der Waals surface area (Å²) in [6.07, 6.45) is 2.06. The molecule has 0 saturated heterocycles. The first-order valence-electron chi connectivity index (χ1n) is 10.3. The minimum atomic E-state index is -0.485. The number of fused-ring (bicyclic) bond motifs is 1. The van der Waals surface area contributed by atoms with Crippen LogP contribution in [0.3, 0.4) is 0 Å². The number of esters is 1. The summed E-state index contributed by atoms with van der Waals surface area (Å²) in [5, 5.41) is 20.0. The van der Waals surface area contributed by atoms with E-state index in [1.165, 1.54) is 13.2 Å². The number of nitrogens with zero attached hydrogens (tertiary/aromatic N) is 4. The Morgan fingerprint density at radius 2 is 2.03 bits per heavy atom. The van der Waals surface area contributed by atoms with Crippen molar-refractivity contribution >= 4 is 16.9 Å². The number of aryl methyl sites for hydroxylation is 1. The Morgan fingerprint density at radius 1 is 1.22 bits per heavy atom. The van der Waals surface area contributed by atoms with E-state index in [9.17, 15) is 9.90 Å². The lowest BCUT2D eigenvalue weighted by Gasteiger charge is -2.13. The molecule has 0 fully saturated rings. The van der Waals surface area contributed by atoms with Gasteiger partial charge in [0.25, 0.3) is 0 Å². The van der Waals surface area contributed by atoms with Crippen LogP contribution in [0, 0.1) is 6.07 Å². The Labute approximate surface area is 186 Å². The Balaban J connectivity index is 1.87. The standard InChI is InChI=1S/C24H25N4O4/c1-15(2)16-5-8-21(29)19(14-16)23-25-26-24(32-22(30)10-12-31-4)28(23)18-6-7-20-17(13-18)9-11-27(20)3/h6-9,11,13-15,29H,10,12H2,1-4H3. The number of hydrogen-bond acceptors (Lipinski definition) is 6. The van der Waals surface area contributed by atoms with Crippen molar-refractivity contribution in [3.8, 4) is 28.8 Å². The molecule has 8 nitrogen and oxygen atoms in total. The predicted molar refractivity (Wildman–Crippen MR) is 120 cm³/mol. The zero-order valence-electron chi connectivity index (χ0n) is 18.5. The summed E-state index contributed by atoms with van der Waals surface area (Å²) in [6.45, 7) is 4.33. The van der Waals surface area contributed by atoms with E-state index in [0.717, 1.165) is 16.5 Å². The molecule has 0 amide bonds. The fourth-order valence-electron chi connectivity index (χ4n) is 3.50. The third-order valence-electron chi connectivity index (χ3n) is 5.29. The van der Waals surface area contributed by atoms with Crippen LogP contribution in [0.25, 0.3) is 28.0 Å². The number of methoxy groups -OCH3 is 1. The van der Waals surface area contributed by atoms with Gasteiger partial charge in [0, 0.05) is 31.3 Å². The van der Waals surface area contributed by atoms with Gasteiger partial charge in [-0.3, -0.25) is 4.79 Å². The van der Waals surface area contributed by atoms with Gasteiger partial charge in [-0.25, -0.2) is 4.57 Å². The molecule has 0 atom stereocenters. The molecule has 2 aromatic heterocycles. The topological polar surface area (TPSA) is 91.4 Å². The lowest BCUT2D eigenvalue weighted by atomic mass is 10.00. The molecule has 1 N–H and O–H groups in total. The summed E-state index contributed by atoms with van der Waals surface area (Å²) >= 11 is 0. The number of rotatable bonds is 7. The zero-order chi connectivity index (χ0) is 22.8. The summed E-state index contributed by atoms with van der Waals surface area (Å²) < 4.78 is 14.1. The van der Waals surface area contributed by atoms with Crippen LogP contribution >= 0.6 is 0 Å². The van der Waals surface area contributed by atoms with Crippen molar-refractivity contribution in [3.63, 3.8) is 0 Å². The van der Waals surface area contributed by atoms with Crippen molar-refractivity contribution < 1.29 is 19.4 Å². The molecular formula is C24H25N4O4. The Hall–Kier alpha value is -3.65. The highest BCUT2D eigenvalue weighted by atomic mass is 16.6. The van der Waals surface area contributed by atoms with E-state index >= 15 is 0 Å². The van der Waals surface area contributed by atoms with Crippen molar-refractivity contribution in [2.24, 2.45) is 7.05 Å². The van der Waals surface area contributed by atoms with Crippen LogP contribution in [0.5, 0.6) is 11.8 Å². The lowest BCUT2D eigenvalue weighted by Crippen LogP contribution is -2.14. The second-order valence-corrected chi connectivity index (χ2v) is 7.87. The molecule has 0 aliphatic heterocycles. The van der Waals surface area contributed by atoms with Gasteiger partial charge in [0.05, 0.1) is 24.3 Å². The van der Waals surface area contributed by atoms with Gasteiger partial charge in [-0.2, -0.15) is 0 Å². The smallest absolute Gasteiger partial charge is 0.329 e. The maximum Gasteiger partial charge on any atom is 0.329 e. The fourth-order valence-corrected chi connectivity index (χ4v) is 3.50. The van der Waals surface area contributed by atoms with Gasteiger partial charge in [0.15, 0.2) is 5.82 Å². The van der Waals surface area contributed by atoms with Crippen molar-refractivity contribution in [2.75, 3.05) is 13.7 Å². The largest absolute Gasteiger partial charge is 0.507 e. The van der Waals surface area contributed by atoms with Crippen molar-refractivity contribution in [3.05, 3.63) is 54.2 Å². The maximum absolute atomic E-state index is 12.3. The van der Waals surface area contributed by atoms with Gasteiger partial charge in [-0.15, -0.1) is 5.10 Å². The second kappa shape index (κ2) is 8.84. The van der Waals surface area contributed by atoms with Gasteiger partial charge in [0.1, 0.15) is 5.75 Å². The van der Waals surface area contributed by atoms with Crippen LogP contribution in [0.2, 0.25) is 0 Å². The first-order chi connectivity index (χ1) is 15.4. The molecule has 32 heavy (non-hydrogen) atoms.